The Hall–Kier alpha value is -2.31. The highest BCUT2D eigenvalue weighted by molar-refractivity contribution is 5.57. The van der Waals surface area contributed by atoms with Crippen molar-refractivity contribution in [2.24, 2.45) is 0 Å². The van der Waals surface area contributed by atoms with Crippen molar-refractivity contribution in [2.45, 2.75) is 26.1 Å². The van der Waals surface area contributed by atoms with Crippen molar-refractivity contribution in [1.82, 2.24) is 9.97 Å². The van der Waals surface area contributed by atoms with Crippen molar-refractivity contribution >= 4 is 17.5 Å². The number of rotatable bonds is 4. The van der Waals surface area contributed by atoms with E-state index in [1.165, 1.54) is 0 Å². The Morgan fingerprint density at radius 1 is 1.05 bits per heavy atom. The maximum absolute atomic E-state index is 12.9. The Bertz CT molecular complexity index is 597. The second kappa shape index (κ2) is 5.99. The van der Waals surface area contributed by atoms with Crippen LogP contribution in [0.1, 0.15) is 19.5 Å². The minimum Gasteiger partial charge on any atom is -0.352 e. The third-order valence-corrected chi connectivity index (χ3v) is 2.48. The number of halogens is 3. The van der Waals surface area contributed by atoms with Crippen LogP contribution < -0.4 is 10.6 Å². The molecule has 0 spiro atoms. The molecule has 1 aromatic heterocycles. The third-order valence-electron chi connectivity index (χ3n) is 2.48. The summed E-state index contributed by atoms with van der Waals surface area (Å²) >= 11 is 0. The van der Waals surface area contributed by atoms with E-state index in [2.05, 4.69) is 20.6 Å². The molecule has 2 rings (SSSR count). The molecule has 0 aliphatic heterocycles. The molecule has 0 bridgehead atoms. The topological polar surface area (TPSA) is 49.8 Å². The van der Waals surface area contributed by atoms with Gasteiger partial charge in [0, 0.05) is 17.8 Å². The summed E-state index contributed by atoms with van der Waals surface area (Å²) < 4.78 is 38.6. The van der Waals surface area contributed by atoms with E-state index >= 15 is 0 Å². The molecule has 0 aliphatic rings. The molecule has 0 radical (unpaired) electrons. The summed E-state index contributed by atoms with van der Waals surface area (Å²) in [5.41, 5.74) is -0.334. The van der Waals surface area contributed by atoms with Gasteiger partial charge in [0.25, 0.3) is 0 Å². The first-order valence-electron chi connectivity index (χ1n) is 6.39. The van der Waals surface area contributed by atoms with Crippen molar-refractivity contribution in [3.05, 3.63) is 42.1 Å². The van der Waals surface area contributed by atoms with Gasteiger partial charge in [-0.2, -0.15) is 18.2 Å². The molecular weight excluding hydrogens is 281 g/mol. The van der Waals surface area contributed by atoms with Gasteiger partial charge < -0.3 is 10.6 Å². The number of benzene rings is 1. The average molecular weight is 296 g/mol. The van der Waals surface area contributed by atoms with Gasteiger partial charge in [-0.05, 0) is 26.0 Å². The van der Waals surface area contributed by atoms with Crippen LogP contribution in [0.5, 0.6) is 0 Å². The highest BCUT2D eigenvalue weighted by Crippen LogP contribution is 2.30. The molecule has 2 N–H and O–H groups in total. The molecule has 1 aromatic carbocycles. The Balaban J connectivity index is 2.35. The van der Waals surface area contributed by atoms with Crippen LogP contribution in [0.2, 0.25) is 0 Å². The zero-order valence-electron chi connectivity index (χ0n) is 11.6. The second-order valence-corrected chi connectivity index (χ2v) is 4.75. The lowest BCUT2D eigenvalue weighted by Gasteiger charge is -2.14. The van der Waals surface area contributed by atoms with Gasteiger partial charge in [0.05, 0.1) is 0 Å². The zero-order valence-corrected chi connectivity index (χ0v) is 11.6. The van der Waals surface area contributed by atoms with E-state index < -0.39 is 11.9 Å². The van der Waals surface area contributed by atoms with Gasteiger partial charge >= 0.3 is 6.18 Å². The maximum Gasteiger partial charge on any atom is 0.433 e. The average Bonchev–Trinajstić information content (AvgIpc) is 2.37. The number of nitrogens with one attached hydrogen (secondary N) is 2. The summed E-state index contributed by atoms with van der Waals surface area (Å²) in [6.07, 6.45) is -4.52. The molecule has 0 atom stereocenters. The molecule has 0 amide bonds. The summed E-state index contributed by atoms with van der Waals surface area (Å²) in [4.78, 5) is 7.55. The second-order valence-electron chi connectivity index (χ2n) is 4.75. The fraction of sp³-hybridized carbons (Fsp3) is 0.286. The van der Waals surface area contributed by atoms with Crippen LogP contribution >= 0.6 is 0 Å². The zero-order chi connectivity index (χ0) is 15.5. The van der Waals surface area contributed by atoms with E-state index in [9.17, 15) is 13.2 Å². The minimum absolute atomic E-state index is 0.0572. The molecular formula is C14H15F3N4. The minimum atomic E-state index is -4.52. The van der Waals surface area contributed by atoms with Crippen LogP contribution in [-0.2, 0) is 6.18 Å². The van der Waals surface area contributed by atoms with Crippen LogP contribution in [0.15, 0.2) is 36.4 Å². The van der Waals surface area contributed by atoms with Crippen molar-refractivity contribution in [3.63, 3.8) is 0 Å². The predicted molar refractivity (Wildman–Crippen MR) is 75.5 cm³/mol. The van der Waals surface area contributed by atoms with Gasteiger partial charge in [-0.25, -0.2) is 4.98 Å². The maximum atomic E-state index is 12.9. The molecule has 7 heteroatoms. The molecule has 2 aromatic rings. The van der Waals surface area contributed by atoms with E-state index in [0.29, 0.717) is 5.69 Å². The fourth-order valence-corrected chi connectivity index (χ4v) is 1.65. The molecule has 4 nitrogen and oxygen atoms in total. The van der Waals surface area contributed by atoms with Gasteiger partial charge in [-0.1, -0.05) is 18.2 Å². The van der Waals surface area contributed by atoms with Gasteiger partial charge in [0.2, 0.25) is 5.95 Å². The molecule has 112 valence electrons. The van der Waals surface area contributed by atoms with Gasteiger partial charge in [0.1, 0.15) is 5.82 Å². The molecule has 0 fully saturated rings. The molecule has 0 unspecified atom stereocenters. The first-order valence-corrected chi connectivity index (χ1v) is 6.39. The lowest BCUT2D eigenvalue weighted by Crippen LogP contribution is -2.17. The normalized spacial score (nSPS) is 11.5. The Kier molecular flexibility index (Phi) is 4.30. The molecule has 0 saturated heterocycles. The van der Waals surface area contributed by atoms with Gasteiger partial charge in [-0.3, -0.25) is 0 Å². The number of hydrogen-bond donors (Lipinski definition) is 2. The van der Waals surface area contributed by atoms with Crippen LogP contribution in [0, 0.1) is 0 Å². The number of alkyl halides is 3. The number of para-hydroxylation sites is 1. The van der Waals surface area contributed by atoms with Crippen LogP contribution in [-0.4, -0.2) is 16.0 Å². The standard InChI is InChI=1S/C14H15F3N4/c1-9(2)18-13-20-11(14(15,16)17)8-12(21-13)19-10-6-4-3-5-7-10/h3-9H,1-2H3,(H2,18,19,20,21). The number of hydrogen-bond acceptors (Lipinski definition) is 4. The third kappa shape index (κ3) is 4.34. The van der Waals surface area contributed by atoms with Crippen LogP contribution in [0.3, 0.4) is 0 Å². The number of anilines is 3. The Morgan fingerprint density at radius 2 is 1.71 bits per heavy atom. The molecule has 1 heterocycles. The van der Waals surface area contributed by atoms with Crippen molar-refractivity contribution < 1.29 is 13.2 Å². The van der Waals surface area contributed by atoms with Crippen LogP contribution in [0.4, 0.5) is 30.6 Å². The highest BCUT2D eigenvalue weighted by atomic mass is 19.4. The van der Waals surface area contributed by atoms with E-state index in [0.717, 1.165) is 6.07 Å². The quantitative estimate of drug-likeness (QED) is 0.893. The van der Waals surface area contributed by atoms with Crippen molar-refractivity contribution in [1.29, 1.82) is 0 Å². The van der Waals surface area contributed by atoms with E-state index in [-0.39, 0.29) is 17.8 Å². The summed E-state index contributed by atoms with van der Waals surface area (Å²) in [5, 5.41) is 5.62. The number of aromatic nitrogens is 2. The first-order chi connectivity index (χ1) is 9.84. The Labute approximate surface area is 120 Å². The largest absolute Gasteiger partial charge is 0.433 e. The lowest BCUT2D eigenvalue weighted by atomic mass is 10.3. The summed E-state index contributed by atoms with van der Waals surface area (Å²) in [6, 6.07) is 9.67. The summed E-state index contributed by atoms with van der Waals surface area (Å²) in [5.74, 6) is 0.0323. The fourth-order valence-electron chi connectivity index (χ4n) is 1.65. The summed E-state index contributed by atoms with van der Waals surface area (Å²) in [7, 11) is 0. The molecule has 0 aliphatic carbocycles. The van der Waals surface area contributed by atoms with Crippen molar-refractivity contribution in [3.8, 4) is 0 Å². The predicted octanol–water partition coefficient (Wildman–Crippen LogP) is 4.06. The monoisotopic (exact) mass is 296 g/mol. The van der Waals surface area contributed by atoms with Gasteiger partial charge in [-0.15, -0.1) is 0 Å². The first kappa shape index (κ1) is 15.1. The smallest absolute Gasteiger partial charge is 0.352 e. The molecule has 21 heavy (non-hydrogen) atoms. The van der Waals surface area contributed by atoms with E-state index in [4.69, 9.17) is 0 Å². The number of nitrogens with zero attached hydrogens (tertiary/aromatic N) is 2. The highest BCUT2D eigenvalue weighted by Gasteiger charge is 2.33. The Morgan fingerprint density at radius 3 is 2.29 bits per heavy atom. The van der Waals surface area contributed by atoms with E-state index in [1.807, 2.05) is 6.07 Å². The van der Waals surface area contributed by atoms with Crippen LogP contribution in [0.25, 0.3) is 0 Å². The molecule has 0 saturated carbocycles. The van der Waals surface area contributed by atoms with Crippen molar-refractivity contribution in [2.75, 3.05) is 10.6 Å². The summed E-state index contributed by atoms with van der Waals surface area (Å²) in [6.45, 7) is 3.60. The SMILES string of the molecule is CC(C)Nc1nc(Nc2ccccc2)cc(C(F)(F)F)n1. The van der Waals surface area contributed by atoms with E-state index in [1.54, 1.807) is 38.1 Å². The lowest BCUT2D eigenvalue weighted by molar-refractivity contribution is -0.141. The van der Waals surface area contributed by atoms with Gasteiger partial charge in [0.15, 0.2) is 5.69 Å².